The molecule has 0 fully saturated rings. The fourth-order valence-electron chi connectivity index (χ4n) is 2.30. The van der Waals surface area contributed by atoms with Crippen LogP contribution in [0.3, 0.4) is 0 Å². The number of rotatable bonds is 4. The number of aromatic nitrogens is 1. The summed E-state index contributed by atoms with van der Waals surface area (Å²) in [6.07, 6.45) is 1.72. The second kappa shape index (κ2) is 6.34. The van der Waals surface area contributed by atoms with E-state index in [1.165, 1.54) is 0 Å². The summed E-state index contributed by atoms with van der Waals surface area (Å²) in [6, 6.07) is 11.8. The van der Waals surface area contributed by atoms with Crippen LogP contribution in [0.4, 0.5) is 0 Å². The smallest absolute Gasteiger partial charge is 0.240 e. The molecule has 0 atom stereocenters. The first-order chi connectivity index (χ1) is 10.7. The van der Waals surface area contributed by atoms with E-state index in [0.717, 1.165) is 20.3 Å². The minimum Gasteiger partial charge on any atom is -0.350 e. The van der Waals surface area contributed by atoms with Gasteiger partial charge in [0, 0.05) is 26.4 Å². The van der Waals surface area contributed by atoms with Crippen molar-refractivity contribution in [1.29, 1.82) is 5.26 Å². The van der Waals surface area contributed by atoms with E-state index in [-0.39, 0.29) is 12.5 Å². The van der Waals surface area contributed by atoms with Crippen molar-refractivity contribution in [2.24, 2.45) is 0 Å². The van der Waals surface area contributed by atoms with Crippen molar-refractivity contribution in [3.8, 4) is 6.07 Å². The van der Waals surface area contributed by atoms with E-state index in [1.54, 1.807) is 17.5 Å². The summed E-state index contributed by atoms with van der Waals surface area (Å²) in [4.78, 5) is 13.2. The number of thiophene rings is 1. The monoisotopic (exact) mass is 373 g/mol. The van der Waals surface area contributed by atoms with Crippen molar-refractivity contribution >= 4 is 44.1 Å². The maximum Gasteiger partial charge on any atom is 0.240 e. The average Bonchev–Trinajstić information content (AvgIpc) is 3.13. The maximum atomic E-state index is 12.1. The molecule has 6 heteroatoms. The molecule has 4 nitrogen and oxygen atoms in total. The summed E-state index contributed by atoms with van der Waals surface area (Å²) in [5.74, 6) is -0.0716. The van der Waals surface area contributed by atoms with Gasteiger partial charge in [-0.2, -0.15) is 5.26 Å². The molecule has 2 heterocycles. The Hall–Kier alpha value is -2.10. The number of hydrogen-bond donors (Lipinski definition) is 1. The number of carbonyl (C=O) groups is 1. The molecule has 0 aliphatic heterocycles. The van der Waals surface area contributed by atoms with Gasteiger partial charge in [0.15, 0.2) is 0 Å². The number of fused-ring (bicyclic) bond motifs is 1. The fraction of sp³-hybridized carbons (Fsp3) is 0.125. The molecule has 110 valence electrons. The zero-order chi connectivity index (χ0) is 15.5. The quantitative estimate of drug-likeness (QED) is 0.758. The molecule has 0 aliphatic rings. The Morgan fingerprint density at radius 2 is 2.27 bits per heavy atom. The Kier molecular flexibility index (Phi) is 4.27. The number of hydrogen-bond acceptors (Lipinski definition) is 3. The van der Waals surface area contributed by atoms with Gasteiger partial charge in [-0.15, -0.1) is 11.3 Å². The molecule has 3 rings (SSSR count). The van der Waals surface area contributed by atoms with Gasteiger partial charge in [0.1, 0.15) is 12.6 Å². The van der Waals surface area contributed by atoms with Gasteiger partial charge in [-0.05, 0) is 29.6 Å². The highest BCUT2D eigenvalue weighted by Crippen LogP contribution is 2.24. The van der Waals surface area contributed by atoms with Crippen LogP contribution in [-0.4, -0.2) is 10.5 Å². The van der Waals surface area contributed by atoms with Crippen molar-refractivity contribution in [2.75, 3.05) is 0 Å². The SMILES string of the molecule is N#Cc1cn(CC(=O)NCc2cccs2)c2ccc(Br)cc12. The Morgan fingerprint density at radius 1 is 1.41 bits per heavy atom. The highest BCUT2D eigenvalue weighted by Gasteiger charge is 2.11. The standard InChI is InChI=1S/C16H12BrN3OS/c17-12-3-4-15-14(6-12)11(7-18)9-20(15)10-16(21)19-8-13-2-1-5-22-13/h1-6,9H,8,10H2,(H,19,21). The number of benzene rings is 1. The molecule has 1 amide bonds. The van der Waals surface area contributed by atoms with Crippen LogP contribution in [-0.2, 0) is 17.9 Å². The topological polar surface area (TPSA) is 57.8 Å². The van der Waals surface area contributed by atoms with Crippen molar-refractivity contribution < 1.29 is 4.79 Å². The van der Waals surface area contributed by atoms with Crippen LogP contribution in [0, 0.1) is 11.3 Å². The molecule has 0 spiro atoms. The lowest BCUT2D eigenvalue weighted by Crippen LogP contribution is -2.26. The average molecular weight is 374 g/mol. The van der Waals surface area contributed by atoms with E-state index >= 15 is 0 Å². The molecule has 0 aliphatic carbocycles. The molecule has 22 heavy (non-hydrogen) atoms. The summed E-state index contributed by atoms with van der Waals surface area (Å²) >= 11 is 5.02. The lowest BCUT2D eigenvalue weighted by atomic mass is 10.2. The summed E-state index contributed by atoms with van der Waals surface area (Å²) < 4.78 is 2.72. The third-order valence-electron chi connectivity index (χ3n) is 3.32. The van der Waals surface area contributed by atoms with Crippen LogP contribution in [0.15, 0.2) is 46.4 Å². The number of nitrogens with zero attached hydrogens (tertiary/aromatic N) is 2. The van der Waals surface area contributed by atoms with E-state index in [4.69, 9.17) is 0 Å². The molecule has 0 unspecified atom stereocenters. The molecule has 2 aromatic heterocycles. The molecule has 0 radical (unpaired) electrons. The molecule has 3 aromatic rings. The zero-order valence-corrected chi connectivity index (χ0v) is 13.9. The third-order valence-corrected chi connectivity index (χ3v) is 4.69. The molecule has 0 saturated carbocycles. The Labute approximate surface area is 140 Å². The zero-order valence-electron chi connectivity index (χ0n) is 11.5. The van der Waals surface area contributed by atoms with Gasteiger partial charge in [-0.1, -0.05) is 22.0 Å². The van der Waals surface area contributed by atoms with E-state index in [9.17, 15) is 10.1 Å². The normalized spacial score (nSPS) is 10.5. The lowest BCUT2D eigenvalue weighted by molar-refractivity contribution is -0.121. The maximum absolute atomic E-state index is 12.1. The van der Waals surface area contributed by atoms with Gasteiger partial charge in [-0.3, -0.25) is 4.79 Å². The number of nitrogens with one attached hydrogen (secondary N) is 1. The predicted molar refractivity (Wildman–Crippen MR) is 90.5 cm³/mol. The van der Waals surface area contributed by atoms with Crippen molar-refractivity contribution in [3.63, 3.8) is 0 Å². The second-order valence-electron chi connectivity index (χ2n) is 4.80. The first-order valence-electron chi connectivity index (χ1n) is 6.65. The Bertz CT molecular complexity index is 862. The number of amides is 1. The number of nitriles is 1. The van der Waals surface area contributed by atoms with Gasteiger partial charge in [0.05, 0.1) is 12.1 Å². The number of halogens is 1. The number of carbonyl (C=O) groups excluding carboxylic acids is 1. The fourth-order valence-corrected chi connectivity index (χ4v) is 3.30. The minimum absolute atomic E-state index is 0.0716. The van der Waals surface area contributed by atoms with Gasteiger partial charge in [0.25, 0.3) is 0 Å². The molecule has 0 bridgehead atoms. The van der Waals surface area contributed by atoms with E-state index < -0.39 is 0 Å². The Morgan fingerprint density at radius 3 is 3.00 bits per heavy atom. The van der Waals surface area contributed by atoms with E-state index in [2.05, 4.69) is 27.3 Å². The van der Waals surface area contributed by atoms with Crippen molar-refractivity contribution in [1.82, 2.24) is 9.88 Å². The second-order valence-corrected chi connectivity index (χ2v) is 6.75. The van der Waals surface area contributed by atoms with Gasteiger partial charge in [0.2, 0.25) is 5.91 Å². The summed E-state index contributed by atoms with van der Waals surface area (Å²) in [6.45, 7) is 0.734. The third kappa shape index (κ3) is 3.06. The summed E-state index contributed by atoms with van der Waals surface area (Å²) in [5, 5.41) is 15.0. The van der Waals surface area contributed by atoms with Crippen LogP contribution in [0.25, 0.3) is 10.9 Å². The molecule has 1 aromatic carbocycles. The van der Waals surface area contributed by atoms with Crippen LogP contribution in [0.1, 0.15) is 10.4 Å². The molecular formula is C16H12BrN3OS. The highest BCUT2D eigenvalue weighted by atomic mass is 79.9. The lowest BCUT2D eigenvalue weighted by Gasteiger charge is -2.06. The highest BCUT2D eigenvalue weighted by molar-refractivity contribution is 9.10. The van der Waals surface area contributed by atoms with Crippen LogP contribution < -0.4 is 5.32 Å². The first-order valence-corrected chi connectivity index (χ1v) is 8.32. The summed E-state index contributed by atoms with van der Waals surface area (Å²) in [5.41, 5.74) is 1.45. The van der Waals surface area contributed by atoms with E-state index in [1.807, 2.05) is 40.3 Å². The Balaban J connectivity index is 1.79. The summed E-state index contributed by atoms with van der Waals surface area (Å²) in [7, 11) is 0. The van der Waals surface area contributed by atoms with Crippen molar-refractivity contribution in [3.05, 3.63) is 56.8 Å². The predicted octanol–water partition coefficient (Wildman–Crippen LogP) is 3.65. The van der Waals surface area contributed by atoms with Crippen LogP contribution in [0.5, 0.6) is 0 Å². The van der Waals surface area contributed by atoms with Crippen molar-refractivity contribution in [2.45, 2.75) is 13.1 Å². The van der Waals surface area contributed by atoms with Crippen LogP contribution in [0.2, 0.25) is 0 Å². The largest absolute Gasteiger partial charge is 0.350 e. The van der Waals surface area contributed by atoms with Crippen LogP contribution >= 0.6 is 27.3 Å². The minimum atomic E-state index is -0.0716. The molecular weight excluding hydrogens is 362 g/mol. The first kappa shape index (κ1) is 14.8. The van der Waals surface area contributed by atoms with Gasteiger partial charge in [-0.25, -0.2) is 0 Å². The molecule has 0 saturated heterocycles. The van der Waals surface area contributed by atoms with E-state index in [0.29, 0.717) is 12.1 Å². The molecule has 1 N–H and O–H groups in total. The van der Waals surface area contributed by atoms with Gasteiger partial charge < -0.3 is 9.88 Å². The van der Waals surface area contributed by atoms with Gasteiger partial charge >= 0.3 is 0 Å².